The molecule has 0 radical (unpaired) electrons. The molecular formula is C14H13N5O2. The summed E-state index contributed by atoms with van der Waals surface area (Å²) in [6.45, 7) is 3.84. The molecule has 1 amide bonds. The molecule has 7 heteroatoms. The van der Waals surface area contributed by atoms with Gasteiger partial charge in [0.15, 0.2) is 11.6 Å². The Kier molecular flexibility index (Phi) is 3.23. The van der Waals surface area contributed by atoms with Crippen LogP contribution in [0.3, 0.4) is 0 Å². The molecule has 21 heavy (non-hydrogen) atoms. The maximum Gasteiger partial charge on any atom is 0.292 e. The summed E-state index contributed by atoms with van der Waals surface area (Å²) in [6, 6.07) is 6.83. The molecule has 0 saturated carbocycles. The third kappa shape index (κ3) is 2.66. The van der Waals surface area contributed by atoms with E-state index in [1.807, 2.05) is 19.9 Å². The molecule has 0 saturated heterocycles. The lowest BCUT2D eigenvalue weighted by Crippen LogP contribution is -2.13. The molecule has 1 N–H and O–H groups in total. The van der Waals surface area contributed by atoms with E-state index in [4.69, 9.17) is 4.42 Å². The molecule has 0 bridgehead atoms. The molecule has 0 aliphatic carbocycles. The molecule has 0 spiro atoms. The first-order valence-electron chi connectivity index (χ1n) is 6.34. The normalized spacial score (nSPS) is 10.6. The SMILES string of the molecule is Cc1cc(C)n(-c2cc(NC(=O)c3ccco3)ncn2)n1. The Bertz CT molecular complexity index is 777. The van der Waals surface area contributed by atoms with E-state index < -0.39 is 0 Å². The van der Waals surface area contributed by atoms with Gasteiger partial charge in [-0.3, -0.25) is 4.79 Å². The van der Waals surface area contributed by atoms with E-state index in [1.54, 1.807) is 22.9 Å². The number of rotatable bonds is 3. The van der Waals surface area contributed by atoms with Crippen LogP contribution in [-0.2, 0) is 0 Å². The maximum absolute atomic E-state index is 11.9. The van der Waals surface area contributed by atoms with Crippen LogP contribution in [-0.4, -0.2) is 25.7 Å². The number of anilines is 1. The molecule has 3 heterocycles. The van der Waals surface area contributed by atoms with Crippen LogP contribution in [0.25, 0.3) is 5.82 Å². The summed E-state index contributed by atoms with van der Waals surface area (Å²) in [5, 5.41) is 7.00. The Balaban J connectivity index is 1.87. The fourth-order valence-electron chi connectivity index (χ4n) is 1.98. The van der Waals surface area contributed by atoms with Gasteiger partial charge in [0.2, 0.25) is 0 Å². The van der Waals surface area contributed by atoms with Crippen LogP contribution in [0.2, 0.25) is 0 Å². The first-order chi connectivity index (χ1) is 10.1. The first kappa shape index (κ1) is 13.0. The summed E-state index contributed by atoms with van der Waals surface area (Å²) in [5.74, 6) is 0.832. The zero-order valence-electron chi connectivity index (χ0n) is 11.6. The summed E-state index contributed by atoms with van der Waals surface area (Å²) < 4.78 is 6.73. The largest absolute Gasteiger partial charge is 0.459 e. The summed E-state index contributed by atoms with van der Waals surface area (Å²) >= 11 is 0. The van der Waals surface area contributed by atoms with Gasteiger partial charge in [-0.1, -0.05) is 0 Å². The van der Waals surface area contributed by atoms with Gasteiger partial charge in [-0.15, -0.1) is 0 Å². The van der Waals surface area contributed by atoms with Crippen molar-refractivity contribution in [3.8, 4) is 5.82 Å². The zero-order valence-corrected chi connectivity index (χ0v) is 11.6. The van der Waals surface area contributed by atoms with Crippen molar-refractivity contribution in [3.05, 3.63) is 54.0 Å². The topological polar surface area (TPSA) is 85.8 Å². The van der Waals surface area contributed by atoms with Crippen LogP contribution in [0, 0.1) is 13.8 Å². The van der Waals surface area contributed by atoms with Crippen molar-refractivity contribution in [3.63, 3.8) is 0 Å². The number of hydrogen-bond donors (Lipinski definition) is 1. The molecule has 0 aromatic carbocycles. The van der Waals surface area contributed by atoms with Gasteiger partial charge in [-0.2, -0.15) is 5.10 Å². The van der Waals surface area contributed by atoms with Gasteiger partial charge in [0.25, 0.3) is 5.91 Å². The summed E-state index contributed by atoms with van der Waals surface area (Å²) in [6.07, 6.45) is 2.82. The highest BCUT2D eigenvalue weighted by Crippen LogP contribution is 2.13. The number of carbonyl (C=O) groups is 1. The van der Waals surface area contributed by atoms with Gasteiger partial charge in [0, 0.05) is 11.8 Å². The predicted octanol–water partition coefficient (Wildman–Crippen LogP) is 2.12. The van der Waals surface area contributed by atoms with Crippen LogP contribution >= 0.6 is 0 Å². The van der Waals surface area contributed by atoms with Gasteiger partial charge in [0.05, 0.1) is 12.0 Å². The van der Waals surface area contributed by atoms with Crippen LogP contribution in [0.15, 0.2) is 41.3 Å². The van der Waals surface area contributed by atoms with E-state index in [0.717, 1.165) is 11.4 Å². The van der Waals surface area contributed by atoms with Gasteiger partial charge in [-0.25, -0.2) is 14.6 Å². The molecule has 106 valence electrons. The van der Waals surface area contributed by atoms with E-state index in [1.165, 1.54) is 12.6 Å². The minimum atomic E-state index is -0.363. The Labute approximate surface area is 120 Å². The molecule has 0 unspecified atom stereocenters. The number of nitrogens with zero attached hydrogens (tertiary/aromatic N) is 4. The van der Waals surface area contributed by atoms with Crippen LogP contribution < -0.4 is 5.32 Å². The zero-order chi connectivity index (χ0) is 14.8. The van der Waals surface area contributed by atoms with Crippen molar-refractivity contribution in [2.75, 3.05) is 5.32 Å². The predicted molar refractivity (Wildman–Crippen MR) is 75.3 cm³/mol. The van der Waals surface area contributed by atoms with Crippen molar-refractivity contribution in [1.29, 1.82) is 0 Å². The van der Waals surface area contributed by atoms with Crippen LogP contribution in [0.5, 0.6) is 0 Å². The van der Waals surface area contributed by atoms with Crippen molar-refractivity contribution in [2.24, 2.45) is 0 Å². The number of amides is 1. The third-order valence-corrected chi connectivity index (χ3v) is 2.87. The summed E-state index contributed by atoms with van der Waals surface area (Å²) in [7, 11) is 0. The van der Waals surface area contributed by atoms with Crippen LogP contribution in [0.1, 0.15) is 21.9 Å². The minimum Gasteiger partial charge on any atom is -0.459 e. The second-order valence-electron chi connectivity index (χ2n) is 4.53. The molecule has 3 aromatic rings. The van der Waals surface area contributed by atoms with Crippen molar-refractivity contribution < 1.29 is 9.21 Å². The standard InChI is InChI=1S/C14H13N5O2/c1-9-6-10(2)19(18-9)13-7-12(15-8-16-13)17-14(20)11-4-3-5-21-11/h3-8H,1-2H3,(H,15,16,17,20). The monoisotopic (exact) mass is 283 g/mol. The lowest BCUT2D eigenvalue weighted by Gasteiger charge is -2.06. The fourth-order valence-corrected chi connectivity index (χ4v) is 1.98. The molecule has 3 rings (SSSR count). The minimum absolute atomic E-state index is 0.223. The highest BCUT2D eigenvalue weighted by molar-refractivity contribution is 6.01. The third-order valence-electron chi connectivity index (χ3n) is 2.87. The van der Waals surface area contributed by atoms with Gasteiger partial charge in [-0.05, 0) is 32.0 Å². The van der Waals surface area contributed by atoms with E-state index >= 15 is 0 Å². The Morgan fingerprint density at radius 3 is 2.81 bits per heavy atom. The van der Waals surface area contributed by atoms with E-state index in [9.17, 15) is 4.79 Å². The number of aryl methyl sites for hydroxylation is 2. The Morgan fingerprint density at radius 2 is 2.14 bits per heavy atom. The lowest BCUT2D eigenvalue weighted by molar-refractivity contribution is 0.0996. The average Bonchev–Trinajstić information content (AvgIpc) is 3.08. The second-order valence-corrected chi connectivity index (χ2v) is 4.53. The molecule has 0 fully saturated rings. The fraction of sp³-hybridized carbons (Fsp3) is 0.143. The molecule has 0 atom stereocenters. The van der Waals surface area contributed by atoms with Gasteiger partial charge >= 0.3 is 0 Å². The number of aromatic nitrogens is 4. The molecule has 7 nitrogen and oxygen atoms in total. The van der Waals surface area contributed by atoms with Crippen LogP contribution in [0.4, 0.5) is 5.82 Å². The molecule has 0 aliphatic heterocycles. The lowest BCUT2D eigenvalue weighted by atomic mass is 10.4. The quantitative estimate of drug-likeness (QED) is 0.795. The number of nitrogens with one attached hydrogen (secondary N) is 1. The van der Waals surface area contributed by atoms with E-state index in [2.05, 4.69) is 20.4 Å². The smallest absolute Gasteiger partial charge is 0.292 e. The number of furan rings is 1. The van der Waals surface area contributed by atoms with E-state index in [0.29, 0.717) is 11.6 Å². The Hall–Kier alpha value is -2.96. The molecule has 3 aromatic heterocycles. The Morgan fingerprint density at radius 1 is 1.29 bits per heavy atom. The number of hydrogen-bond acceptors (Lipinski definition) is 5. The van der Waals surface area contributed by atoms with Gasteiger partial charge < -0.3 is 9.73 Å². The van der Waals surface area contributed by atoms with Crippen molar-refractivity contribution >= 4 is 11.7 Å². The average molecular weight is 283 g/mol. The number of carbonyl (C=O) groups excluding carboxylic acids is 1. The van der Waals surface area contributed by atoms with Gasteiger partial charge in [0.1, 0.15) is 12.1 Å². The summed E-state index contributed by atoms with van der Waals surface area (Å²) in [5.41, 5.74) is 1.85. The first-order valence-corrected chi connectivity index (χ1v) is 6.34. The molecule has 0 aliphatic rings. The van der Waals surface area contributed by atoms with E-state index in [-0.39, 0.29) is 11.7 Å². The maximum atomic E-state index is 11.9. The molecular weight excluding hydrogens is 270 g/mol. The highest BCUT2D eigenvalue weighted by atomic mass is 16.3. The van der Waals surface area contributed by atoms with Crippen molar-refractivity contribution in [1.82, 2.24) is 19.7 Å². The highest BCUT2D eigenvalue weighted by Gasteiger charge is 2.11. The second kappa shape index (κ2) is 5.20. The summed E-state index contributed by atoms with van der Waals surface area (Å²) in [4.78, 5) is 20.1. The van der Waals surface area contributed by atoms with Crippen molar-refractivity contribution in [2.45, 2.75) is 13.8 Å².